The van der Waals surface area contributed by atoms with E-state index in [2.05, 4.69) is 15.0 Å². The summed E-state index contributed by atoms with van der Waals surface area (Å²) in [6.45, 7) is 3.87. The van der Waals surface area contributed by atoms with E-state index < -0.39 is 0 Å². The number of thiazole rings is 1. The molecular formula is C19H22N2O5S. The molecule has 0 unspecified atom stereocenters. The van der Waals surface area contributed by atoms with Crippen molar-refractivity contribution in [2.45, 2.75) is 26.4 Å². The zero-order valence-corrected chi connectivity index (χ0v) is 16.5. The van der Waals surface area contributed by atoms with Gasteiger partial charge in [-0.05, 0) is 37.6 Å². The van der Waals surface area contributed by atoms with Crippen molar-refractivity contribution in [2.75, 3.05) is 19.5 Å². The average Bonchev–Trinajstić information content (AvgIpc) is 3.06. The summed E-state index contributed by atoms with van der Waals surface area (Å²) in [4.78, 5) is 27.5. The van der Waals surface area contributed by atoms with Crippen molar-refractivity contribution in [3.63, 3.8) is 0 Å². The Balaban J connectivity index is 1.99. The molecule has 8 heteroatoms. The number of methoxy groups -OCH3 is 2. The van der Waals surface area contributed by atoms with E-state index in [1.165, 1.54) is 24.5 Å². The second-order valence-electron chi connectivity index (χ2n) is 5.80. The molecule has 7 nitrogen and oxygen atoms in total. The topological polar surface area (TPSA) is 86.8 Å². The summed E-state index contributed by atoms with van der Waals surface area (Å²) < 4.78 is 15.6. The van der Waals surface area contributed by atoms with E-state index in [-0.39, 0.29) is 24.4 Å². The first-order valence-corrected chi connectivity index (χ1v) is 9.14. The zero-order valence-electron chi connectivity index (χ0n) is 15.6. The lowest BCUT2D eigenvalue weighted by Gasteiger charge is -2.13. The van der Waals surface area contributed by atoms with E-state index in [4.69, 9.17) is 9.47 Å². The molecule has 0 saturated heterocycles. The Morgan fingerprint density at radius 3 is 2.70 bits per heavy atom. The molecule has 0 aliphatic carbocycles. The molecule has 0 spiro atoms. The highest BCUT2D eigenvalue weighted by Crippen LogP contribution is 2.29. The average molecular weight is 390 g/mol. The van der Waals surface area contributed by atoms with Gasteiger partial charge in [-0.3, -0.25) is 14.9 Å². The lowest BCUT2D eigenvalue weighted by atomic mass is 10.2. The maximum Gasteiger partial charge on any atom is 0.311 e. The fourth-order valence-corrected chi connectivity index (χ4v) is 2.84. The highest BCUT2D eigenvalue weighted by Gasteiger charge is 2.09. The molecule has 0 aliphatic heterocycles. The van der Waals surface area contributed by atoms with Gasteiger partial charge < -0.3 is 14.2 Å². The molecular weight excluding hydrogens is 368 g/mol. The predicted octanol–water partition coefficient (Wildman–Crippen LogP) is 3.31. The van der Waals surface area contributed by atoms with Crippen LogP contribution in [0.3, 0.4) is 0 Å². The number of hydrogen-bond acceptors (Lipinski definition) is 7. The molecule has 27 heavy (non-hydrogen) atoms. The second kappa shape index (κ2) is 9.72. The number of aromatic nitrogens is 1. The lowest BCUT2D eigenvalue weighted by Crippen LogP contribution is -2.08. The summed E-state index contributed by atoms with van der Waals surface area (Å²) in [7, 11) is 2.88. The van der Waals surface area contributed by atoms with Crippen molar-refractivity contribution in [1.82, 2.24) is 4.98 Å². The number of amides is 1. The first-order valence-electron chi connectivity index (χ1n) is 8.26. The first-order chi connectivity index (χ1) is 12.9. The van der Waals surface area contributed by atoms with Crippen molar-refractivity contribution in [1.29, 1.82) is 0 Å². The molecule has 0 aliphatic rings. The molecule has 144 valence electrons. The Hall–Kier alpha value is -2.87. The quantitative estimate of drug-likeness (QED) is 0.550. The van der Waals surface area contributed by atoms with Crippen LogP contribution in [-0.2, 0) is 20.7 Å². The molecule has 1 aromatic heterocycles. The van der Waals surface area contributed by atoms with E-state index in [1.807, 2.05) is 19.9 Å². The van der Waals surface area contributed by atoms with Crippen LogP contribution < -0.4 is 14.8 Å². The summed E-state index contributed by atoms with van der Waals surface area (Å²) in [5, 5.41) is 4.78. The standard InChI is InChI=1S/C19H22N2O5S/c1-12(2)26-15-7-5-13(9-16(15)24-3)6-8-17(22)21-19-20-14(11-27-19)10-18(23)25-4/h5-9,11-12H,10H2,1-4H3,(H,20,21,22)/b8-6+. The van der Waals surface area contributed by atoms with Gasteiger partial charge in [0.05, 0.1) is 32.4 Å². The van der Waals surface area contributed by atoms with Gasteiger partial charge in [-0.1, -0.05) is 6.07 Å². The summed E-state index contributed by atoms with van der Waals surface area (Å²) >= 11 is 1.24. The molecule has 1 aromatic carbocycles. The SMILES string of the molecule is COC(=O)Cc1csc(NC(=O)/C=C/c2ccc(OC(C)C)c(OC)c2)n1. The van der Waals surface area contributed by atoms with E-state index in [0.29, 0.717) is 22.3 Å². The van der Waals surface area contributed by atoms with E-state index >= 15 is 0 Å². The van der Waals surface area contributed by atoms with Gasteiger partial charge in [0.15, 0.2) is 16.6 Å². The first kappa shape index (κ1) is 20.4. The molecule has 0 fully saturated rings. The number of rotatable bonds is 8. The second-order valence-corrected chi connectivity index (χ2v) is 6.65. The van der Waals surface area contributed by atoms with Gasteiger partial charge in [-0.25, -0.2) is 4.98 Å². The maximum absolute atomic E-state index is 12.1. The Morgan fingerprint density at radius 2 is 2.04 bits per heavy atom. The van der Waals surface area contributed by atoms with E-state index in [9.17, 15) is 9.59 Å². The number of carbonyl (C=O) groups excluding carboxylic acids is 2. The Bertz CT molecular complexity index is 829. The number of nitrogens with zero attached hydrogens (tertiary/aromatic N) is 1. The van der Waals surface area contributed by atoms with Gasteiger partial charge >= 0.3 is 5.97 Å². The van der Waals surface area contributed by atoms with Crippen LogP contribution in [0.2, 0.25) is 0 Å². The monoisotopic (exact) mass is 390 g/mol. The van der Waals surface area contributed by atoms with Crippen LogP contribution >= 0.6 is 11.3 Å². The number of esters is 1. The highest BCUT2D eigenvalue weighted by atomic mass is 32.1. The van der Waals surface area contributed by atoms with Crippen molar-refractivity contribution in [2.24, 2.45) is 0 Å². The molecule has 0 saturated carbocycles. The number of nitrogens with one attached hydrogen (secondary N) is 1. The maximum atomic E-state index is 12.1. The van der Waals surface area contributed by atoms with Gasteiger partial charge in [0.1, 0.15) is 0 Å². The van der Waals surface area contributed by atoms with Crippen molar-refractivity contribution >= 4 is 34.4 Å². The number of hydrogen-bond donors (Lipinski definition) is 1. The molecule has 2 aromatic rings. The number of benzene rings is 1. The molecule has 0 atom stereocenters. The van der Waals surface area contributed by atoms with Crippen molar-refractivity contribution in [3.8, 4) is 11.5 Å². The van der Waals surface area contributed by atoms with Gasteiger partial charge in [0.2, 0.25) is 5.91 Å². The van der Waals surface area contributed by atoms with Gasteiger partial charge in [-0.2, -0.15) is 0 Å². The van der Waals surface area contributed by atoms with Crippen molar-refractivity contribution < 1.29 is 23.8 Å². The predicted molar refractivity (Wildman–Crippen MR) is 104 cm³/mol. The zero-order chi connectivity index (χ0) is 19.8. The molecule has 1 amide bonds. The molecule has 0 bridgehead atoms. The Labute approximate surface area is 162 Å². The molecule has 0 radical (unpaired) electrons. The Morgan fingerprint density at radius 1 is 1.26 bits per heavy atom. The van der Waals surface area contributed by atoms with Gasteiger partial charge in [0.25, 0.3) is 0 Å². The molecule has 1 N–H and O–H groups in total. The highest BCUT2D eigenvalue weighted by molar-refractivity contribution is 7.14. The van der Waals surface area contributed by atoms with Crippen LogP contribution in [0.25, 0.3) is 6.08 Å². The third-order valence-electron chi connectivity index (χ3n) is 3.31. The van der Waals surface area contributed by atoms with E-state index in [1.54, 1.807) is 30.7 Å². The van der Waals surface area contributed by atoms with Crippen LogP contribution in [0.15, 0.2) is 29.7 Å². The summed E-state index contributed by atoms with van der Waals surface area (Å²) in [5.74, 6) is 0.543. The van der Waals surface area contributed by atoms with Gasteiger partial charge in [0, 0.05) is 11.5 Å². The van der Waals surface area contributed by atoms with Crippen molar-refractivity contribution in [3.05, 3.63) is 40.9 Å². The summed E-state index contributed by atoms with van der Waals surface area (Å²) in [6.07, 6.45) is 3.18. The number of anilines is 1. The third kappa shape index (κ3) is 6.41. The largest absolute Gasteiger partial charge is 0.493 e. The van der Waals surface area contributed by atoms with Crippen LogP contribution in [-0.4, -0.2) is 37.2 Å². The number of ether oxygens (including phenoxy) is 3. The summed E-state index contributed by atoms with van der Waals surface area (Å²) in [6, 6.07) is 5.43. The lowest BCUT2D eigenvalue weighted by molar-refractivity contribution is -0.139. The smallest absolute Gasteiger partial charge is 0.311 e. The van der Waals surface area contributed by atoms with Crippen LogP contribution in [0, 0.1) is 0 Å². The summed E-state index contributed by atoms with van der Waals surface area (Å²) in [5.41, 5.74) is 1.35. The van der Waals surface area contributed by atoms with Crippen LogP contribution in [0.1, 0.15) is 25.1 Å². The fraction of sp³-hybridized carbons (Fsp3) is 0.316. The Kier molecular flexibility index (Phi) is 7.36. The third-order valence-corrected chi connectivity index (χ3v) is 4.12. The normalized spacial score (nSPS) is 10.9. The minimum atomic E-state index is -0.378. The van der Waals surface area contributed by atoms with Crippen LogP contribution in [0.5, 0.6) is 11.5 Å². The molecule has 1 heterocycles. The minimum absolute atomic E-state index is 0.0356. The molecule has 2 rings (SSSR count). The minimum Gasteiger partial charge on any atom is -0.493 e. The number of carbonyl (C=O) groups is 2. The van der Waals surface area contributed by atoms with Crippen LogP contribution in [0.4, 0.5) is 5.13 Å². The van der Waals surface area contributed by atoms with E-state index in [0.717, 1.165) is 5.56 Å². The van der Waals surface area contributed by atoms with Gasteiger partial charge in [-0.15, -0.1) is 11.3 Å². The fourth-order valence-electron chi connectivity index (χ4n) is 2.12.